The van der Waals surface area contributed by atoms with Gasteiger partial charge in [-0.25, -0.2) is 0 Å². The Hall–Kier alpha value is -2.15. The number of benzene rings is 2. The zero-order valence-electron chi connectivity index (χ0n) is 15.5. The fourth-order valence-corrected chi connectivity index (χ4v) is 4.31. The van der Waals surface area contributed by atoms with Crippen molar-refractivity contribution in [3.63, 3.8) is 0 Å². The van der Waals surface area contributed by atoms with Gasteiger partial charge in [-0.2, -0.15) is 0 Å². The van der Waals surface area contributed by atoms with Crippen LogP contribution in [-0.2, 0) is 11.2 Å². The van der Waals surface area contributed by atoms with Crippen LogP contribution < -0.4 is 10.6 Å². The number of aryl methyl sites for hydroxylation is 1. The first-order valence-corrected chi connectivity index (χ1v) is 11.2. The first-order chi connectivity index (χ1) is 14.0. The predicted molar refractivity (Wildman–Crippen MR) is 124 cm³/mol. The van der Waals surface area contributed by atoms with Gasteiger partial charge in [0.25, 0.3) is 5.91 Å². The fraction of sp³-hybridized carbons (Fsp3) is 0.136. The number of carbonyl (C=O) groups is 1. The second-order valence-electron chi connectivity index (χ2n) is 6.51. The Morgan fingerprint density at radius 1 is 1.21 bits per heavy atom. The predicted octanol–water partition coefficient (Wildman–Crippen LogP) is 6.52. The van der Waals surface area contributed by atoms with Crippen LogP contribution in [0.3, 0.4) is 0 Å². The molecule has 0 saturated carbocycles. The molecule has 4 rings (SSSR count). The molecular weight excluding hydrogens is 472 g/mol. The van der Waals surface area contributed by atoms with Crippen molar-refractivity contribution >= 4 is 57.0 Å². The van der Waals surface area contributed by atoms with Gasteiger partial charge in [-0.3, -0.25) is 4.79 Å². The topological polar surface area (TPSA) is 54.3 Å². The van der Waals surface area contributed by atoms with E-state index < -0.39 is 0 Å². The van der Waals surface area contributed by atoms with Crippen LogP contribution in [0.15, 0.2) is 68.4 Å². The average molecular weight is 490 g/mol. The Morgan fingerprint density at radius 3 is 2.72 bits per heavy atom. The molecule has 1 atom stereocenters. The number of nitrogens with one attached hydrogen (secondary N) is 2. The lowest BCUT2D eigenvalue weighted by molar-refractivity contribution is -0.116. The van der Waals surface area contributed by atoms with Crippen molar-refractivity contribution in [2.24, 2.45) is 0 Å². The summed E-state index contributed by atoms with van der Waals surface area (Å²) in [5.74, 6) is 1.19. The van der Waals surface area contributed by atoms with Gasteiger partial charge >= 0.3 is 0 Å². The van der Waals surface area contributed by atoms with Crippen LogP contribution in [0, 0.1) is 0 Å². The molecule has 2 N–H and O–H groups in total. The molecule has 4 nitrogen and oxygen atoms in total. The number of rotatable bonds is 5. The van der Waals surface area contributed by atoms with Crippen LogP contribution >= 0.6 is 39.3 Å². The third-order valence-electron chi connectivity index (χ3n) is 4.49. The second kappa shape index (κ2) is 8.69. The van der Waals surface area contributed by atoms with Gasteiger partial charge in [0.15, 0.2) is 5.50 Å². The molecule has 3 aromatic rings. The van der Waals surface area contributed by atoms with Crippen molar-refractivity contribution in [1.29, 1.82) is 0 Å². The lowest BCUT2D eigenvalue weighted by Gasteiger charge is -2.12. The summed E-state index contributed by atoms with van der Waals surface area (Å²) in [6.45, 7) is 2.12. The molecule has 1 aliphatic rings. The van der Waals surface area contributed by atoms with Crippen LogP contribution in [0.5, 0.6) is 0 Å². The third kappa shape index (κ3) is 4.71. The monoisotopic (exact) mass is 488 g/mol. The van der Waals surface area contributed by atoms with Crippen molar-refractivity contribution in [2.45, 2.75) is 18.8 Å². The number of hydrogen-bond donors (Lipinski definition) is 2. The highest BCUT2D eigenvalue weighted by Gasteiger charge is 2.27. The van der Waals surface area contributed by atoms with Crippen LogP contribution in [0.2, 0.25) is 5.02 Å². The third-order valence-corrected chi connectivity index (χ3v) is 6.76. The van der Waals surface area contributed by atoms with E-state index in [9.17, 15) is 4.79 Å². The summed E-state index contributed by atoms with van der Waals surface area (Å²) in [5, 5.41) is 6.87. The van der Waals surface area contributed by atoms with E-state index in [4.69, 9.17) is 16.0 Å². The number of amides is 1. The van der Waals surface area contributed by atoms with E-state index in [1.54, 1.807) is 6.08 Å². The Balaban J connectivity index is 1.46. The van der Waals surface area contributed by atoms with Crippen molar-refractivity contribution in [3.8, 4) is 11.3 Å². The Morgan fingerprint density at radius 2 is 2.00 bits per heavy atom. The van der Waals surface area contributed by atoms with Gasteiger partial charge < -0.3 is 15.1 Å². The lowest BCUT2D eigenvalue weighted by Crippen LogP contribution is -2.30. The molecule has 1 saturated heterocycles. The van der Waals surface area contributed by atoms with E-state index in [2.05, 4.69) is 45.6 Å². The molecule has 7 heteroatoms. The van der Waals surface area contributed by atoms with Crippen LogP contribution in [0.4, 0.5) is 5.69 Å². The molecule has 0 radical (unpaired) electrons. The minimum absolute atomic E-state index is 0.123. The minimum Gasteiger partial charge on any atom is -0.457 e. The standard InChI is InChI=1S/C22H18BrClN2O2S/c1-2-13-3-6-15(7-4-13)25-22-26-21(27)20(29-22)12-16-8-10-19(28-16)14-5-9-17(23)18(24)11-14/h3-12,22,25H,2H2,1H3,(H,26,27)/b20-12-/t22-/m0/s1. The highest BCUT2D eigenvalue weighted by Crippen LogP contribution is 2.33. The number of carbonyl (C=O) groups excluding carboxylic acids is 1. The second-order valence-corrected chi connectivity index (χ2v) is 8.91. The molecule has 0 spiro atoms. The van der Waals surface area contributed by atoms with E-state index >= 15 is 0 Å². The molecule has 0 unspecified atom stereocenters. The SMILES string of the molecule is CCc1ccc(N[C@H]2NC(=O)/C(=C/c3ccc(-c4ccc(Br)c(Cl)c4)o3)S2)cc1. The van der Waals surface area contributed by atoms with Crippen LogP contribution in [0.25, 0.3) is 17.4 Å². The maximum Gasteiger partial charge on any atom is 0.260 e. The molecule has 1 aromatic heterocycles. The molecule has 148 valence electrons. The van der Waals surface area contributed by atoms with E-state index in [0.29, 0.717) is 21.4 Å². The minimum atomic E-state index is -0.221. The van der Waals surface area contributed by atoms with Gasteiger partial charge in [0.1, 0.15) is 11.5 Å². The largest absolute Gasteiger partial charge is 0.457 e. The fourth-order valence-electron chi connectivity index (χ4n) is 2.92. The number of anilines is 1. The number of hydrogen-bond acceptors (Lipinski definition) is 4. The molecule has 2 heterocycles. The first kappa shape index (κ1) is 20.1. The molecule has 1 amide bonds. The quantitative estimate of drug-likeness (QED) is 0.400. The number of halogens is 2. The van der Waals surface area contributed by atoms with Gasteiger partial charge in [0, 0.05) is 21.8 Å². The van der Waals surface area contributed by atoms with E-state index in [1.807, 2.05) is 42.5 Å². The number of furan rings is 1. The summed E-state index contributed by atoms with van der Waals surface area (Å²) in [6, 6.07) is 17.6. The van der Waals surface area contributed by atoms with E-state index in [1.165, 1.54) is 17.3 Å². The highest BCUT2D eigenvalue weighted by atomic mass is 79.9. The lowest BCUT2D eigenvalue weighted by atomic mass is 10.1. The molecule has 1 aliphatic heterocycles. The van der Waals surface area contributed by atoms with Gasteiger partial charge in [0.2, 0.25) is 0 Å². The number of thioether (sulfide) groups is 1. The van der Waals surface area contributed by atoms with Crippen molar-refractivity contribution in [2.75, 3.05) is 5.32 Å². The molecule has 0 bridgehead atoms. The van der Waals surface area contributed by atoms with Crippen molar-refractivity contribution in [1.82, 2.24) is 5.32 Å². The zero-order chi connectivity index (χ0) is 20.4. The Kier molecular flexibility index (Phi) is 6.04. The van der Waals surface area contributed by atoms with E-state index in [0.717, 1.165) is 22.1 Å². The molecular formula is C22H18BrClN2O2S. The first-order valence-electron chi connectivity index (χ1n) is 9.12. The maximum atomic E-state index is 12.3. The van der Waals surface area contributed by atoms with Gasteiger partial charge in [-0.1, -0.05) is 48.5 Å². The Labute approximate surface area is 186 Å². The summed E-state index contributed by atoms with van der Waals surface area (Å²) in [7, 11) is 0. The van der Waals surface area contributed by atoms with Gasteiger partial charge in [-0.05, 0) is 64.3 Å². The molecule has 1 fully saturated rings. The molecule has 29 heavy (non-hydrogen) atoms. The normalized spacial score (nSPS) is 17.6. The van der Waals surface area contributed by atoms with Crippen molar-refractivity contribution < 1.29 is 9.21 Å². The average Bonchev–Trinajstić information content (AvgIpc) is 3.32. The zero-order valence-corrected chi connectivity index (χ0v) is 18.7. The van der Waals surface area contributed by atoms with Crippen LogP contribution in [0.1, 0.15) is 18.2 Å². The van der Waals surface area contributed by atoms with Crippen molar-refractivity contribution in [3.05, 3.63) is 80.3 Å². The summed E-state index contributed by atoms with van der Waals surface area (Å²) < 4.78 is 6.72. The summed E-state index contributed by atoms with van der Waals surface area (Å²) in [4.78, 5) is 12.9. The van der Waals surface area contributed by atoms with Gasteiger partial charge in [-0.15, -0.1) is 0 Å². The Bertz CT molecular complexity index is 1080. The maximum absolute atomic E-state index is 12.3. The van der Waals surface area contributed by atoms with E-state index in [-0.39, 0.29) is 11.4 Å². The molecule has 0 aliphatic carbocycles. The van der Waals surface area contributed by atoms with Gasteiger partial charge in [0.05, 0.1) is 9.93 Å². The smallest absolute Gasteiger partial charge is 0.260 e. The summed E-state index contributed by atoms with van der Waals surface area (Å²) in [6.07, 6.45) is 2.76. The highest BCUT2D eigenvalue weighted by molar-refractivity contribution is 9.10. The summed E-state index contributed by atoms with van der Waals surface area (Å²) in [5.41, 5.74) is 2.90. The summed E-state index contributed by atoms with van der Waals surface area (Å²) >= 11 is 11.0. The molecule has 2 aromatic carbocycles. The van der Waals surface area contributed by atoms with Crippen LogP contribution in [-0.4, -0.2) is 11.4 Å².